The molecule has 1 unspecified atom stereocenters. The fourth-order valence-electron chi connectivity index (χ4n) is 2.49. The highest BCUT2D eigenvalue weighted by molar-refractivity contribution is 5.44. The van der Waals surface area contributed by atoms with Gasteiger partial charge in [0.1, 0.15) is 11.6 Å². The minimum atomic E-state index is 0.604. The SMILES string of the molecule is CCCNc1cncc(N2CCCC(COC)C2)n1. The van der Waals surface area contributed by atoms with Crippen LogP contribution in [0.2, 0.25) is 0 Å². The Morgan fingerprint density at radius 3 is 3.16 bits per heavy atom. The predicted octanol–water partition coefficient (Wildman–Crippen LogP) is 2.16. The maximum absolute atomic E-state index is 5.27. The summed E-state index contributed by atoms with van der Waals surface area (Å²) in [5, 5.41) is 3.29. The second-order valence-corrected chi connectivity index (χ2v) is 5.10. The van der Waals surface area contributed by atoms with E-state index in [0.717, 1.165) is 44.3 Å². The summed E-state index contributed by atoms with van der Waals surface area (Å²) in [6.07, 6.45) is 7.17. The summed E-state index contributed by atoms with van der Waals surface area (Å²) in [5.41, 5.74) is 0. The highest BCUT2D eigenvalue weighted by atomic mass is 16.5. The van der Waals surface area contributed by atoms with E-state index in [1.165, 1.54) is 12.8 Å². The van der Waals surface area contributed by atoms with E-state index >= 15 is 0 Å². The van der Waals surface area contributed by atoms with Gasteiger partial charge in [-0.1, -0.05) is 6.92 Å². The molecule has 2 heterocycles. The topological polar surface area (TPSA) is 50.3 Å². The number of methoxy groups -OCH3 is 1. The van der Waals surface area contributed by atoms with Crippen LogP contribution in [0, 0.1) is 5.92 Å². The zero-order chi connectivity index (χ0) is 13.5. The summed E-state index contributed by atoms with van der Waals surface area (Å²) >= 11 is 0. The predicted molar refractivity (Wildman–Crippen MR) is 77.6 cm³/mol. The molecular weight excluding hydrogens is 240 g/mol. The molecule has 0 aromatic carbocycles. The van der Waals surface area contributed by atoms with Crippen molar-refractivity contribution in [1.82, 2.24) is 9.97 Å². The van der Waals surface area contributed by atoms with Crippen LogP contribution in [0.3, 0.4) is 0 Å². The smallest absolute Gasteiger partial charge is 0.149 e. The van der Waals surface area contributed by atoms with E-state index in [1.807, 2.05) is 6.20 Å². The first-order valence-corrected chi connectivity index (χ1v) is 7.13. The molecule has 1 atom stereocenters. The van der Waals surface area contributed by atoms with E-state index in [0.29, 0.717) is 5.92 Å². The van der Waals surface area contributed by atoms with Gasteiger partial charge in [-0.15, -0.1) is 0 Å². The summed E-state index contributed by atoms with van der Waals surface area (Å²) in [5.74, 6) is 2.45. The van der Waals surface area contributed by atoms with Crippen LogP contribution < -0.4 is 10.2 Å². The normalized spacial score (nSPS) is 19.5. The van der Waals surface area contributed by atoms with Gasteiger partial charge in [-0.3, -0.25) is 4.98 Å². The average Bonchev–Trinajstić information content (AvgIpc) is 2.46. The van der Waals surface area contributed by atoms with E-state index in [1.54, 1.807) is 13.3 Å². The molecule has 0 spiro atoms. The van der Waals surface area contributed by atoms with Crippen molar-refractivity contribution in [3.63, 3.8) is 0 Å². The minimum absolute atomic E-state index is 0.604. The van der Waals surface area contributed by atoms with Crippen molar-refractivity contribution in [2.24, 2.45) is 5.92 Å². The van der Waals surface area contributed by atoms with Gasteiger partial charge in [0.15, 0.2) is 0 Å². The van der Waals surface area contributed by atoms with Crippen molar-refractivity contribution in [2.45, 2.75) is 26.2 Å². The molecule has 1 N–H and O–H groups in total. The van der Waals surface area contributed by atoms with Crippen LogP contribution in [0.4, 0.5) is 11.6 Å². The van der Waals surface area contributed by atoms with Crippen molar-refractivity contribution >= 4 is 11.6 Å². The Kier molecular flexibility index (Phi) is 5.39. The number of nitrogens with zero attached hydrogens (tertiary/aromatic N) is 3. The van der Waals surface area contributed by atoms with E-state index in [2.05, 4.69) is 27.1 Å². The number of nitrogens with one attached hydrogen (secondary N) is 1. The highest BCUT2D eigenvalue weighted by Gasteiger charge is 2.21. The zero-order valence-electron chi connectivity index (χ0n) is 11.9. The molecule has 0 saturated carbocycles. The van der Waals surface area contributed by atoms with Crippen molar-refractivity contribution in [3.05, 3.63) is 12.4 Å². The molecule has 1 aliphatic rings. The van der Waals surface area contributed by atoms with Crippen LogP contribution in [-0.4, -0.2) is 43.3 Å². The van der Waals surface area contributed by atoms with Gasteiger partial charge in [0.25, 0.3) is 0 Å². The maximum Gasteiger partial charge on any atom is 0.149 e. The summed E-state index contributed by atoms with van der Waals surface area (Å²) < 4.78 is 5.27. The molecule has 1 aromatic heterocycles. The second kappa shape index (κ2) is 7.28. The van der Waals surface area contributed by atoms with Gasteiger partial charge in [0.2, 0.25) is 0 Å². The van der Waals surface area contributed by atoms with Gasteiger partial charge in [-0.25, -0.2) is 4.98 Å². The van der Waals surface area contributed by atoms with Crippen LogP contribution in [-0.2, 0) is 4.74 Å². The van der Waals surface area contributed by atoms with Crippen molar-refractivity contribution < 1.29 is 4.74 Å². The number of rotatable bonds is 6. The summed E-state index contributed by atoms with van der Waals surface area (Å²) in [4.78, 5) is 11.2. The molecule has 1 aromatic rings. The third kappa shape index (κ3) is 4.06. The third-order valence-electron chi connectivity index (χ3n) is 3.42. The third-order valence-corrected chi connectivity index (χ3v) is 3.42. The lowest BCUT2D eigenvalue weighted by atomic mass is 9.99. The minimum Gasteiger partial charge on any atom is -0.384 e. The Morgan fingerprint density at radius 2 is 2.37 bits per heavy atom. The first kappa shape index (κ1) is 14.1. The van der Waals surface area contributed by atoms with Crippen molar-refractivity contribution in [1.29, 1.82) is 0 Å². The quantitative estimate of drug-likeness (QED) is 0.853. The monoisotopic (exact) mass is 264 g/mol. The maximum atomic E-state index is 5.27. The van der Waals surface area contributed by atoms with Crippen molar-refractivity contribution in [2.75, 3.05) is 43.6 Å². The Labute approximate surface area is 115 Å². The molecule has 106 valence electrons. The van der Waals surface area contributed by atoms with E-state index in [9.17, 15) is 0 Å². The first-order chi connectivity index (χ1) is 9.33. The average molecular weight is 264 g/mol. The molecule has 1 aliphatic heterocycles. The van der Waals surface area contributed by atoms with Gasteiger partial charge in [0, 0.05) is 26.7 Å². The Balaban J connectivity index is 1.99. The van der Waals surface area contributed by atoms with E-state index < -0.39 is 0 Å². The second-order valence-electron chi connectivity index (χ2n) is 5.10. The molecule has 1 fully saturated rings. The summed E-state index contributed by atoms with van der Waals surface area (Å²) in [6, 6.07) is 0. The molecule has 0 radical (unpaired) electrons. The van der Waals surface area contributed by atoms with Crippen LogP contribution in [0.15, 0.2) is 12.4 Å². The van der Waals surface area contributed by atoms with Gasteiger partial charge in [-0.05, 0) is 25.2 Å². The Morgan fingerprint density at radius 1 is 1.47 bits per heavy atom. The Bertz CT molecular complexity index is 383. The molecule has 5 nitrogen and oxygen atoms in total. The van der Waals surface area contributed by atoms with Gasteiger partial charge in [-0.2, -0.15) is 0 Å². The zero-order valence-corrected chi connectivity index (χ0v) is 11.9. The molecule has 19 heavy (non-hydrogen) atoms. The molecule has 0 aliphatic carbocycles. The van der Waals surface area contributed by atoms with Crippen LogP contribution >= 0.6 is 0 Å². The van der Waals surface area contributed by atoms with Crippen LogP contribution in [0.1, 0.15) is 26.2 Å². The number of hydrogen-bond donors (Lipinski definition) is 1. The molecule has 0 amide bonds. The van der Waals surface area contributed by atoms with Crippen molar-refractivity contribution in [3.8, 4) is 0 Å². The summed E-state index contributed by atoms with van der Waals surface area (Å²) in [6.45, 7) is 5.98. The largest absolute Gasteiger partial charge is 0.384 e. The fraction of sp³-hybridized carbons (Fsp3) is 0.714. The highest BCUT2D eigenvalue weighted by Crippen LogP contribution is 2.22. The van der Waals surface area contributed by atoms with E-state index in [4.69, 9.17) is 4.74 Å². The number of hydrogen-bond acceptors (Lipinski definition) is 5. The lowest BCUT2D eigenvalue weighted by Crippen LogP contribution is -2.37. The molecule has 1 saturated heterocycles. The number of ether oxygens (including phenoxy) is 1. The molecule has 0 bridgehead atoms. The lowest BCUT2D eigenvalue weighted by molar-refractivity contribution is 0.143. The Hall–Kier alpha value is -1.36. The van der Waals surface area contributed by atoms with Crippen LogP contribution in [0.25, 0.3) is 0 Å². The lowest BCUT2D eigenvalue weighted by Gasteiger charge is -2.33. The van der Waals surface area contributed by atoms with E-state index in [-0.39, 0.29) is 0 Å². The molecule has 2 rings (SSSR count). The van der Waals surface area contributed by atoms with Gasteiger partial charge < -0.3 is 15.0 Å². The summed E-state index contributed by atoms with van der Waals surface area (Å²) in [7, 11) is 1.77. The number of aromatic nitrogens is 2. The number of piperidine rings is 1. The van der Waals surface area contributed by atoms with Gasteiger partial charge >= 0.3 is 0 Å². The fourth-order valence-corrected chi connectivity index (χ4v) is 2.49. The van der Waals surface area contributed by atoms with Crippen LogP contribution in [0.5, 0.6) is 0 Å². The van der Waals surface area contributed by atoms with Gasteiger partial charge in [0.05, 0.1) is 19.0 Å². The molecular formula is C14H24N4O. The number of anilines is 2. The standard InChI is InChI=1S/C14H24N4O/c1-3-6-16-13-8-15-9-14(17-13)18-7-4-5-12(10-18)11-19-2/h8-9,12H,3-7,10-11H2,1-2H3,(H,16,17). The first-order valence-electron chi connectivity index (χ1n) is 7.13. The molecule has 5 heteroatoms.